The average molecular weight is 494 g/mol. The Morgan fingerprint density at radius 3 is 2.40 bits per heavy atom. The van der Waals surface area contributed by atoms with Crippen molar-refractivity contribution in [1.82, 2.24) is 4.98 Å². The summed E-state index contributed by atoms with van der Waals surface area (Å²) in [5, 5.41) is 2.71. The smallest absolute Gasteiger partial charge is 0.262 e. The molecule has 0 atom stereocenters. The number of nitrogens with zero attached hydrogens (tertiary/aromatic N) is 1. The van der Waals surface area contributed by atoms with Crippen LogP contribution in [0.15, 0.2) is 96.0 Å². The summed E-state index contributed by atoms with van der Waals surface area (Å²) in [6, 6.07) is 20.9. The van der Waals surface area contributed by atoms with Gasteiger partial charge in [0, 0.05) is 11.9 Å². The third-order valence-corrected chi connectivity index (χ3v) is 6.18. The first kappa shape index (κ1) is 23.7. The molecule has 0 spiro atoms. The van der Waals surface area contributed by atoms with Crippen molar-refractivity contribution in [3.05, 3.63) is 103 Å². The van der Waals surface area contributed by atoms with Gasteiger partial charge in [0.25, 0.3) is 15.9 Å². The second kappa shape index (κ2) is 10.2. The number of hydrogen-bond acceptors (Lipinski definition) is 6. The Hall–Kier alpha value is -4.44. The number of para-hydroxylation sites is 1. The Morgan fingerprint density at radius 1 is 0.943 bits per heavy atom. The first-order chi connectivity index (χ1) is 16.9. The minimum Gasteiger partial charge on any atom is -0.495 e. The van der Waals surface area contributed by atoms with E-state index in [1.165, 1.54) is 25.4 Å². The van der Waals surface area contributed by atoms with Gasteiger partial charge in [0.15, 0.2) is 0 Å². The number of nitrogens with one attached hydrogen (secondary N) is 2. The number of carbonyl (C=O) groups excluding carboxylic acids is 1. The van der Waals surface area contributed by atoms with Crippen molar-refractivity contribution < 1.29 is 27.1 Å². The van der Waals surface area contributed by atoms with Crippen LogP contribution < -0.4 is 19.5 Å². The predicted molar refractivity (Wildman–Crippen MR) is 129 cm³/mol. The molecule has 0 aliphatic heterocycles. The van der Waals surface area contributed by atoms with Crippen LogP contribution in [0.3, 0.4) is 0 Å². The van der Waals surface area contributed by atoms with Gasteiger partial charge in [0.2, 0.25) is 5.88 Å². The zero-order valence-corrected chi connectivity index (χ0v) is 19.3. The highest BCUT2D eigenvalue weighted by atomic mass is 32.2. The van der Waals surface area contributed by atoms with Crippen LogP contribution in [0, 0.1) is 5.82 Å². The van der Waals surface area contributed by atoms with E-state index >= 15 is 0 Å². The molecule has 4 aromatic rings. The van der Waals surface area contributed by atoms with E-state index in [0.29, 0.717) is 11.4 Å². The summed E-state index contributed by atoms with van der Waals surface area (Å²) in [5.41, 5.74) is 0.560. The molecule has 0 saturated heterocycles. The van der Waals surface area contributed by atoms with E-state index < -0.39 is 21.7 Å². The second-order valence-electron chi connectivity index (χ2n) is 7.20. The molecular weight excluding hydrogens is 473 g/mol. The Labute approximate surface area is 201 Å². The number of ether oxygens (including phenoxy) is 2. The van der Waals surface area contributed by atoms with Gasteiger partial charge in [-0.05, 0) is 66.7 Å². The quantitative estimate of drug-likeness (QED) is 0.355. The molecule has 1 aromatic heterocycles. The van der Waals surface area contributed by atoms with Gasteiger partial charge >= 0.3 is 0 Å². The average Bonchev–Trinajstić information content (AvgIpc) is 2.85. The van der Waals surface area contributed by atoms with E-state index in [1.54, 1.807) is 42.5 Å². The van der Waals surface area contributed by atoms with Crippen molar-refractivity contribution in [2.75, 3.05) is 17.1 Å². The summed E-state index contributed by atoms with van der Waals surface area (Å²) in [6.07, 6.45) is 1.50. The normalized spacial score (nSPS) is 10.9. The van der Waals surface area contributed by atoms with Crippen LogP contribution in [0.1, 0.15) is 10.4 Å². The van der Waals surface area contributed by atoms with Crippen LogP contribution in [-0.2, 0) is 10.0 Å². The van der Waals surface area contributed by atoms with E-state index in [0.717, 1.165) is 24.3 Å². The van der Waals surface area contributed by atoms with Crippen LogP contribution in [-0.4, -0.2) is 26.4 Å². The summed E-state index contributed by atoms with van der Waals surface area (Å²) in [5.74, 6) is -0.217. The molecule has 0 unspecified atom stereocenters. The molecular formula is C25H20FN3O5S. The molecule has 8 nitrogen and oxygen atoms in total. The molecule has 10 heteroatoms. The molecule has 1 amide bonds. The topological polar surface area (TPSA) is 107 Å². The largest absolute Gasteiger partial charge is 0.495 e. The standard InChI is InChI=1S/C25H20FN3O5S/c1-33-23-14-11-18(16-22(23)29-35(31,32)20-12-9-17(26)10-13-20)28-24(30)21-8-5-15-27-25(21)34-19-6-3-2-4-7-19/h2-16,29H,1H3,(H,28,30). The number of hydrogen-bond donors (Lipinski definition) is 2. The molecule has 178 valence electrons. The van der Waals surface area contributed by atoms with Gasteiger partial charge in [0.05, 0.1) is 17.7 Å². The Kier molecular flexibility index (Phi) is 6.93. The van der Waals surface area contributed by atoms with Crippen LogP contribution in [0.25, 0.3) is 0 Å². The summed E-state index contributed by atoms with van der Waals surface area (Å²) in [6.45, 7) is 0. The molecule has 0 aliphatic rings. The van der Waals surface area contributed by atoms with Gasteiger partial charge in [-0.15, -0.1) is 0 Å². The molecule has 0 radical (unpaired) electrons. The lowest BCUT2D eigenvalue weighted by Gasteiger charge is -2.14. The molecule has 0 fully saturated rings. The highest BCUT2D eigenvalue weighted by Crippen LogP contribution is 2.31. The van der Waals surface area contributed by atoms with E-state index in [9.17, 15) is 17.6 Å². The van der Waals surface area contributed by atoms with Crippen molar-refractivity contribution in [1.29, 1.82) is 0 Å². The number of aromatic nitrogens is 1. The number of carbonyl (C=O) groups is 1. The van der Waals surface area contributed by atoms with Crippen molar-refractivity contribution in [2.24, 2.45) is 0 Å². The third-order valence-electron chi connectivity index (χ3n) is 4.80. The van der Waals surface area contributed by atoms with Gasteiger partial charge in [-0.2, -0.15) is 0 Å². The molecule has 4 rings (SSSR count). The van der Waals surface area contributed by atoms with Crippen LogP contribution in [0.5, 0.6) is 17.4 Å². The molecule has 1 heterocycles. The molecule has 35 heavy (non-hydrogen) atoms. The lowest BCUT2D eigenvalue weighted by atomic mass is 10.2. The number of rotatable bonds is 8. The van der Waals surface area contributed by atoms with Crippen molar-refractivity contribution in [3.8, 4) is 17.4 Å². The lowest BCUT2D eigenvalue weighted by Crippen LogP contribution is -2.16. The number of benzene rings is 3. The van der Waals surface area contributed by atoms with E-state index in [1.807, 2.05) is 6.07 Å². The number of amides is 1. The highest BCUT2D eigenvalue weighted by molar-refractivity contribution is 7.92. The molecule has 0 saturated carbocycles. The molecule has 2 N–H and O–H groups in total. The van der Waals surface area contributed by atoms with E-state index in [2.05, 4.69) is 15.0 Å². The maximum absolute atomic E-state index is 13.2. The zero-order valence-electron chi connectivity index (χ0n) is 18.4. The number of sulfonamides is 1. The summed E-state index contributed by atoms with van der Waals surface area (Å²) < 4.78 is 52.1. The zero-order chi connectivity index (χ0) is 24.8. The first-order valence-corrected chi connectivity index (χ1v) is 11.8. The lowest BCUT2D eigenvalue weighted by molar-refractivity contribution is 0.102. The predicted octanol–water partition coefficient (Wildman–Crippen LogP) is 5.07. The number of anilines is 2. The number of halogens is 1. The monoisotopic (exact) mass is 493 g/mol. The highest BCUT2D eigenvalue weighted by Gasteiger charge is 2.19. The van der Waals surface area contributed by atoms with E-state index in [4.69, 9.17) is 9.47 Å². The fraction of sp³-hybridized carbons (Fsp3) is 0.0400. The van der Waals surface area contributed by atoms with Crippen molar-refractivity contribution >= 4 is 27.3 Å². The Balaban J connectivity index is 1.58. The fourth-order valence-corrected chi connectivity index (χ4v) is 4.19. The molecule has 3 aromatic carbocycles. The van der Waals surface area contributed by atoms with Gasteiger partial charge in [-0.1, -0.05) is 18.2 Å². The summed E-state index contributed by atoms with van der Waals surface area (Å²) in [7, 11) is -2.66. The maximum atomic E-state index is 13.2. The second-order valence-corrected chi connectivity index (χ2v) is 8.88. The summed E-state index contributed by atoms with van der Waals surface area (Å²) >= 11 is 0. The Bertz CT molecular complexity index is 1450. The minimum absolute atomic E-state index is 0.0848. The first-order valence-electron chi connectivity index (χ1n) is 10.3. The third kappa shape index (κ3) is 5.74. The van der Waals surface area contributed by atoms with Crippen LogP contribution in [0.4, 0.5) is 15.8 Å². The van der Waals surface area contributed by atoms with Crippen molar-refractivity contribution in [2.45, 2.75) is 4.90 Å². The Morgan fingerprint density at radius 2 is 1.69 bits per heavy atom. The summed E-state index contributed by atoms with van der Waals surface area (Å²) in [4.78, 5) is 17.0. The van der Waals surface area contributed by atoms with Crippen LogP contribution in [0.2, 0.25) is 0 Å². The maximum Gasteiger partial charge on any atom is 0.262 e. The molecule has 0 aliphatic carbocycles. The van der Waals surface area contributed by atoms with Gasteiger partial charge < -0.3 is 14.8 Å². The van der Waals surface area contributed by atoms with Gasteiger partial charge in [0.1, 0.15) is 22.9 Å². The molecule has 0 bridgehead atoms. The number of methoxy groups -OCH3 is 1. The van der Waals surface area contributed by atoms with E-state index in [-0.39, 0.29) is 27.8 Å². The van der Waals surface area contributed by atoms with Gasteiger partial charge in [-0.3, -0.25) is 9.52 Å². The minimum atomic E-state index is -4.04. The number of pyridine rings is 1. The van der Waals surface area contributed by atoms with Crippen molar-refractivity contribution in [3.63, 3.8) is 0 Å². The fourth-order valence-electron chi connectivity index (χ4n) is 3.13. The van der Waals surface area contributed by atoms with Gasteiger partial charge in [-0.25, -0.2) is 17.8 Å². The SMILES string of the molecule is COc1ccc(NC(=O)c2cccnc2Oc2ccccc2)cc1NS(=O)(=O)c1ccc(F)cc1. The van der Waals surface area contributed by atoms with Crippen LogP contribution >= 0.6 is 0 Å².